The van der Waals surface area contributed by atoms with E-state index in [0.717, 1.165) is 0 Å². The Labute approximate surface area is 120 Å². The van der Waals surface area contributed by atoms with Gasteiger partial charge >= 0.3 is 5.97 Å². The first-order valence-corrected chi connectivity index (χ1v) is 5.79. The van der Waals surface area contributed by atoms with Gasteiger partial charge in [-0.15, -0.1) is 0 Å². The minimum absolute atomic E-state index is 0.0258. The first kappa shape index (κ1) is 22.1. The Morgan fingerprint density at radius 1 is 1.19 bits per heavy atom. The number of carbonyl (C=O) groups excluding carboxylic acids is 1. The summed E-state index contributed by atoms with van der Waals surface area (Å²) in [5.41, 5.74) is 1.95. The van der Waals surface area contributed by atoms with E-state index in [4.69, 9.17) is 41.6 Å². The average Bonchev–Trinajstić information content (AvgIpc) is 2.44. The van der Waals surface area contributed by atoms with Crippen LogP contribution in [0.3, 0.4) is 0 Å². The first-order chi connectivity index (χ1) is 9.63. The van der Waals surface area contributed by atoms with Gasteiger partial charge in [0.25, 0.3) is 0 Å². The van der Waals surface area contributed by atoms with Crippen molar-refractivity contribution < 1.29 is 45.3 Å². The van der Waals surface area contributed by atoms with Crippen LogP contribution in [-0.4, -0.2) is 91.2 Å². The first-order valence-electron chi connectivity index (χ1n) is 5.79. The molecule has 0 heterocycles. The Kier molecular flexibility index (Phi) is 12.1. The molecule has 0 aliphatic rings. The van der Waals surface area contributed by atoms with Crippen LogP contribution in [0.25, 0.3) is 0 Å². The number of nitrogens with one attached hydrogen (secondary N) is 1. The number of carbonyl (C=O) groups is 2. The van der Waals surface area contributed by atoms with E-state index >= 15 is 0 Å². The summed E-state index contributed by atoms with van der Waals surface area (Å²) in [5, 5.41) is 60.4. The molecule has 0 aliphatic heterocycles. The average molecular weight is 314 g/mol. The smallest absolute Gasteiger partial charge is 0.324 e. The van der Waals surface area contributed by atoms with Gasteiger partial charge in [0.2, 0.25) is 0 Å². The Bertz CT molecular complexity index is 302. The van der Waals surface area contributed by atoms with Crippen molar-refractivity contribution in [3.8, 4) is 0 Å². The van der Waals surface area contributed by atoms with Crippen molar-refractivity contribution in [3.05, 3.63) is 0 Å². The molecule has 0 aromatic rings. The normalized spacial score (nSPS) is 19.2. The number of aldehydes is 1. The fraction of sp³-hybridized carbons (Fsp3) is 0.800. The Morgan fingerprint density at radius 3 is 1.86 bits per heavy atom. The number of carboxylic acids is 1. The molecule has 0 spiro atoms. The summed E-state index contributed by atoms with van der Waals surface area (Å²) in [4.78, 5) is 20.0. The highest BCUT2D eigenvalue weighted by Crippen LogP contribution is 2.02. The second-order valence-corrected chi connectivity index (χ2v) is 4.08. The SMILES string of the molecule is CC(O)C(NN)C(=O)O.O=CC(O)C(O)C(O)C(O)CO. The van der Waals surface area contributed by atoms with Crippen LogP contribution in [0.5, 0.6) is 0 Å². The van der Waals surface area contributed by atoms with Gasteiger partial charge in [-0.05, 0) is 6.92 Å². The molecule has 0 aromatic carbocycles. The summed E-state index contributed by atoms with van der Waals surface area (Å²) in [6, 6.07) is -1.08. The van der Waals surface area contributed by atoms with Crippen LogP contribution in [0.1, 0.15) is 6.92 Å². The van der Waals surface area contributed by atoms with E-state index in [1.165, 1.54) is 6.92 Å². The molecule has 0 radical (unpaired) electrons. The summed E-state index contributed by atoms with van der Waals surface area (Å²) in [7, 11) is 0. The van der Waals surface area contributed by atoms with Crippen LogP contribution in [-0.2, 0) is 9.59 Å². The van der Waals surface area contributed by atoms with E-state index in [0.29, 0.717) is 0 Å². The van der Waals surface area contributed by atoms with Gasteiger partial charge in [0.1, 0.15) is 30.5 Å². The second-order valence-electron chi connectivity index (χ2n) is 4.08. The lowest BCUT2D eigenvalue weighted by molar-refractivity contribution is -0.142. The Balaban J connectivity index is 0. The van der Waals surface area contributed by atoms with Gasteiger partial charge < -0.3 is 40.5 Å². The largest absolute Gasteiger partial charge is 0.480 e. The summed E-state index contributed by atoms with van der Waals surface area (Å²) in [5.74, 6) is 3.62. The number of aliphatic hydroxyl groups excluding tert-OH is 6. The van der Waals surface area contributed by atoms with Gasteiger partial charge in [-0.25, -0.2) is 5.43 Å². The summed E-state index contributed by atoms with van der Waals surface area (Å²) in [6.07, 6.45) is -7.82. The molecule has 0 aliphatic carbocycles. The number of carboxylic acid groups (broad SMARTS) is 1. The van der Waals surface area contributed by atoms with Gasteiger partial charge in [0.05, 0.1) is 12.7 Å². The van der Waals surface area contributed by atoms with Crippen LogP contribution >= 0.6 is 0 Å². The number of hydrazine groups is 1. The molecule has 0 aromatic heterocycles. The molecular formula is C10H22N2O9. The van der Waals surface area contributed by atoms with E-state index in [1.54, 1.807) is 0 Å². The van der Waals surface area contributed by atoms with Crippen LogP contribution in [0, 0.1) is 0 Å². The van der Waals surface area contributed by atoms with Gasteiger partial charge in [0.15, 0.2) is 6.29 Å². The molecule has 0 bridgehead atoms. The van der Waals surface area contributed by atoms with Crippen LogP contribution in [0.2, 0.25) is 0 Å². The zero-order chi connectivity index (χ0) is 17.2. The van der Waals surface area contributed by atoms with Crippen molar-refractivity contribution in [3.63, 3.8) is 0 Å². The maximum absolute atomic E-state index is 10.1. The number of nitrogens with two attached hydrogens (primary N) is 1. The maximum Gasteiger partial charge on any atom is 0.324 e. The molecule has 0 rings (SSSR count). The lowest BCUT2D eigenvalue weighted by Gasteiger charge is -2.22. The molecule has 0 saturated carbocycles. The highest BCUT2D eigenvalue weighted by Gasteiger charge is 2.29. The van der Waals surface area contributed by atoms with Crippen LogP contribution in [0.4, 0.5) is 0 Å². The number of hydrogen-bond acceptors (Lipinski definition) is 10. The Morgan fingerprint density at radius 2 is 1.67 bits per heavy atom. The summed E-state index contributed by atoms with van der Waals surface area (Å²) >= 11 is 0. The topological polar surface area (TPSA) is 214 Å². The van der Waals surface area contributed by atoms with E-state index in [1.807, 2.05) is 5.43 Å². The molecule has 6 atom stereocenters. The van der Waals surface area contributed by atoms with Crippen molar-refractivity contribution in [2.75, 3.05) is 6.61 Å². The summed E-state index contributed by atoms with van der Waals surface area (Å²) in [6.45, 7) is 0.586. The zero-order valence-corrected chi connectivity index (χ0v) is 11.3. The number of hydrogen-bond donors (Lipinski definition) is 9. The zero-order valence-electron chi connectivity index (χ0n) is 11.3. The molecule has 10 N–H and O–H groups in total. The monoisotopic (exact) mass is 314 g/mol. The summed E-state index contributed by atoms with van der Waals surface area (Å²) < 4.78 is 0. The molecule has 0 fully saturated rings. The molecule has 11 heteroatoms. The predicted octanol–water partition coefficient (Wildman–Crippen LogP) is -5.10. The van der Waals surface area contributed by atoms with E-state index in [9.17, 15) is 9.59 Å². The second kappa shape index (κ2) is 11.5. The fourth-order valence-electron chi connectivity index (χ4n) is 1.04. The third-order valence-corrected chi connectivity index (χ3v) is 2.35. The fourth-order valence-corrected chi connectivity index (χ4v) is 1.04. The predicted molar refractivity (Wildman–Crippen MR) is 67.6 cm³/mol. The number of rotatable bonds is 8. The molecular weight excluding hydrogens is 292 g/mol. The van der Waals surface area contributed by atoms with Gasteiger partial charge in [-0.2, -0.15) is 0 Å². The lowest BCUT2D eigenvalue weighted by atomic mass is 10.0. The molecule has 0 saturated heterocycles. The highest BCUT2D eigenvalue weighted by atomic mass is 16.4. The van der Waals surface area contributed by atoms with Gasteiger partial charge in [-0.1, -0.05) is 0 Å². The molecule has 21 heavy (non-hydrogen) atoms. The van der Waals surface area contributed by atoms with Crippen molar-refractivity contribution in [1.82, 2.24) is 5.43 Å². The van der Waals surface area contributed by atoms with Crippen molar-refractivity contribution >= 4 is 12.3 Å². The number of aliphatic carboxylic acids is 1. The molecule has 11 nitrogen and oxygen atoms in total. The highest BCUT2D eigenvalue weighted by molar-refractivity contribution is 5.73. The Hall–Kier alpha value is -1.18. The molecule has 6 unspecified atom stereocenters. The van der Waals surface area contributed by atoms with Gasteiger partial charge in [-0.3, -0.25) is 10.6 Å². The van der Waals surface area contributed by atoms with Crippen LogP contribution < -0.4 is 11.3 Å². The lowest BCUT2D eigenvalue weighted by Crippen LogP contribution is -2.48. The minimum Gasteiger partial charge on any atom is -0.480 e. The van der Waals surface area contributed by atoms with Crippen molar-refractivity contribution in [2.45, 2.75) is 43.5 Å². The standard InChI is InChI=1S/C6H12O6.C4H10N2O3/c7-1-3(9)5(11)6(12)4(10)2-8;1-2(7)3(6-5)4(8)9/h1,3-6,8-12H,2H2;2-3,6-7H,5H2,1H3,(H,8,9). The molecule has 126 valence electrons. The van der Waals surface area contributed by atoms with E-state index < -0.39 is 49.1 Å². The van der Waals surface area contributed by atoms with E-state index in [2.05, 4.69) is 0 Å². The maximum atomic E-state index is 10.1. The quantitative estimate of drug-likeness (QED) is 0.117. The van der Waals surface area contributed by atoms with Crippen molar-refractivity contribution in [1.29, 1.82) is 0 Å². The van der Waals surface area contributed by atoms with Crippen LogP contribution in [0.15, 0.2) is 0 Å². The third kappa shape index (κ3) is 8.64. The molecule has 0 amide bonds. The number of aliphatic hydroxyl groups is 6. The minimum atomic E-state index is -1.79. The van der Waals surface area contributed by atoms with Gasteiger partial charge in [0, 0.05) is 0 Å². The van der Waals surface area contributed by atoms with Crippen molar-refractivity contribution in [2.24, 2.45) is 5.84 Å². The third-order valence-electron chi connectivity index (χ3n) is 2.35. The van der Waals surface area contributed by atoms with E-state index in [-0.39, 0.29) is 6.29 Å².